The summed E-state index contributed by atoms with van der Waals surface area (Å²) in [5.41, 5.74) is 0. The fourth-order valence-electron chi connectivity index (χ4n) is 3.18. The van der Waals surface area contributed by atoms with Crippen molar-refractivity contribution in [3.8, 4) is 0 Å². The van der Waals surface area contributed by atoms with Gasteiger partial charge in [0, 0.05) is 25.2 Å². The zero-order valence-corrected chi connectivity index (χ0v) is 9.04. The number of piperidine rings is 1. The molecule has 0 spiro atoms. The first-order valence-electron chi connectivity index (χ1n) is 6.40. The van der Waals surface area contributed by atoms with E-state index >= 15 is 0 Å². The highest BCUT2D eigenvalue weighted by Gasteiger charge is 2.35. The quantitative estimate of drug-likeness (QED) is 0.718. The van der Waals surface area contributed by atoms with Gasteiger partial charge in [-0.1, -0.05) is 6.42 Å². The molecule has 2 heterocycles. The van der Waals surface area contributed by atoms with Gasteiger partial charge in [0.1, 0.15) is 0 Å². The van der Waals surface area contributed by atoms with Crippen LogP contribution in [-0.2, 0) is 0 Å². The fraction of sp³-hybridized carbons (Fsp3) is 1.00. The van der Waals surface area contributed by atoms with Crippen molar-refractivity contribution < 1.29 is 0 Å². The third kappa shape index (κ3) is 1.82. The van der Waals surface area contributed by atoms with Gasteiger partial charge in [0.15, 0.2) is 0 Å². The Bertz CT molecular complexity index is 186. The molecule has 1 saturated carbocycles. The van der Waals surface area contributed by atoms with Crippen molar-refractivity contribution in [3.63, 3.8) is 0 Å². The maximum Gasteiger partial charge on any atom is 0.0223 e. The molecule has 14 heavy (non-hydrogen) atoms. The van der Waals surface area contributed by atoms with E-state index in [1.807, 2.05) is 0 Å². The van der Waals surface area contributed by atoms with E-state index in [2.05, 4.69) is 10.2 Å². The van der Waals surface area contributed by atoms with Crippen LogP contribution < -0.4 is 5.32 Å². The van der Waals surface area contributed by atoms with Gasteiger partial charge < -0.3 is 5.32 Å². The molecule has 0 aromatic heterocycles. The molecule has 0 radical (unpaired) electrons. The first-order valence-corrected chi connectivity index (χ1v) is 6.40. The SMILES string of the molecule is C1C[C@@H]2CCNC[C@H](C1)N2CC1CC1. The number of nitrogens with zero attached hydrogens (tertiary/aromatic N) is 1. The number of fused-ring (bicyclic) bond motifs is 2. The molecule has 1 N–H and O–H groups in total. The Morgan fingerprint density at radius 2 is 1.86 bits per heavy atom. The molecule has 2 bridgehead atoms. The molecule has 2 saturated heterocycles. The van der Waals surface area contributed by atoms with Crippen molar-refractivity contribution in [1.29, 1.82) is 0 Å². The van der Waals surface area contributed by atoms with Crippen LogP contribution in [0.25, 0.3) is 0 Å². The summed E-state index contributed by atoms with van der Waals surface area (Å²) in [6.45, 7) is 3.92. The highest BCUT2D eigenvalue weighted by atomic mass is 15.2. The summed E-state index contributed by atoms with van der Waals surface area (Å²) in [6.07, 6.45) is 8.77. The summed E-state index contributed by atoms with van der Waals surface area (Å²) in [6, 6.07) is 1.79. The molecule has 0 aromatic carbocycles. The van der Waals surface area contributed by atoms with Gasteiger partial charge in [0.2, 0.25) is 0 Å². The fourth-order valence-corrected chi connectivity index (χ4v) is 3.18. The first-order chi connectivity index (χ1) is 6.93. The molecule has 80 valence electrons. The molecular formula is C12H22N2. The minimum Gasteiger partial charge on any atom is -0.315 e. The zero-order chi connectivity index (χ0) is 9.38. The van der Waals surface area contributed by atoms with Crippen molar-refractivity contribution >= 4 is 0 Å². The van der Waals surface area contributed by atoms with Crippen LogP contribution in [0.3, 0.4) is 0 Å². The average molecular weight is 194 g/mol. The number of rotatable bonds is 2. The van der Waals surface area contributed by atoms with Crippen molar-refractivity contribution in [3.05, 3.63) is 0 Å². The second-order valence-electron chi connectivity index (χ2n) is 5.37. The lowest BCUT2D eigenvalue weighted by Crippen LogP contribution is -2.48. The van der Waals surface area contributed by atoms with Gasteiger partial charge >= 0.3 is 0 Å². The van der Waals surface area contributed by atoms with Gasteiger partial charge in [0.05, 0.1) is 0 Å². The van der Waals surface area contributed by atoms with E-state index in [1.165, 1.54) is 58.2 Å². The standard InChI is InChI=1S/C12H22N2/c1-2-11-6-7-13-8-12(3-1)14(11)9-10-4-5-10/h10-13H,1-9H2/t11-,12+/m1/s1. The Labute approximate surface area is 87.0 Å². The molecular weight excluding hydrogens is 172 g/mol. The summed E-state index contributed by atoms with van der Waals surface area (Å²) in [5, 5.41) is 3.60. The van der Waals surface area contributed by atoms with Crippen LogP contribution in [0.4, 0.5) is 0 Å². The lowest BCUT2D eigenvalue weighted by atomic mass is 9.94. The van der Waals surface area contributed by atoms with Crippen LogP contribution in [0.5, 0.6) is 0 Å². The third-order valence-electron chi connectivity index (χ3n) is 4.21. The molecule has 3 fully saturated rings. The first kappa shape index (κ1) is 9.17. The molecule has 0 aromatic rings. The summed E-state index contributed by atoms with van der Waals surface area (Å²) in [4.78, 5) is 2.85. The maximum absolute atomic E-state index is 3.60. The molecule has 1 aliphatic carbocycles. The molecule has 3 rings (SSSR count). The summed E-state index contributed by atoms with van der Waals surface area (Å²) >= 11 is 0. The van der Waals surface area contributed by atoms with Crippen LogP contribution in [0, 0.1) is 5.92 Å². The predicted octanol–water partition coefficient (Wildman–Crippen LogP) is 1.61. The third-order valence-corrected chi connectivity index (χ3v) is 4.21. The molecule has 2 heteroatoms. The van der Waals surface area contributed by atoms with Crippen LogP contribution in [0.2, 0.25) is 0 Å². The topological polar surface area (TPSA) is 15.3 Å². The van der Waals surface area contributed by atoms with Gasteiger partial charge in [-0.3, -0.25) is 4.90 Å². The second-order valence-corrected chi connectivity index (χ2v) is 5.37. The Morgan fingerprint density at radius 3 is 2.71 bits per heavy atom. The number of hydrogen-bond donors (Lipinski definition) is 1. The Kier molecular flexibility index (Phi) is 2.50. The molecule has 2 atom stereocenters. The largest absolute Gasteiger partial charge is 0.315 e. The maximum atomic E-state index is 3.60. The normalized spacial score (nSPS) is 39.4. The van der Waals surface area contributed by atoms with Gasteiger partial charge in [-0.05, 0) is 44.6 Å². The van der Waals surface area contributed by atoms with E-state index in [4.69, 9.17) is 0 Å². The highest BCUT2D eigenvalue weighted by Crippen LogP contribution is 2.34. The Hall–Kier alpha value is -0.0800. The molecule has 2 nitrogen and oxygen atoms in total. The molecule has 0 unspecified atom stereocenters. The van der Waals surface area contributed by atoms with Crippen LogP contribution >= 0.6 is 0 Å². The Balaban J connectivity index is 1.69. The van der Waals surface area contributed by atoms with Crippen molar-refractivity contribution in [2.45, 2.75) is 50.6 Å². The van der Waals surface area contributed by atoms with E-state index < -0.39 is 0 Å². The second kappa shape index (κ2) is 3.82. The average Bonchev–Trinajstić information content (AvgIpc) is 2.99. The minimum absolute atomic E-state index is 0.872. The van der Waals surface area contributed by atoms with Crippen molar-refractivity contribution in [2.24, 2.45) is 5.92 Å². The smallest absolute Gasteiger partial charge is 0.0223 e. The predicted molar refractivity (Wildman–Crippen MR) is 58.3 cm³/mol. The van der Waals surface area contributed by atoms with Crippen LogP contribution in [-0.4, -0.2) is 36.6 Å². The van der Waals surface area contributed by atoms with E-state index in [0.29, 0.717) is 0 Å². The van der Waals surface area contributed by atoms with Gasteiger partial charge in [-0.25, -0.2) is 0 Å². The minimum atomic E-state index is 0.872. The molecule has 3 aliphatic rings. The van der Waals surface area contributed by atoms with E-state index in [-0.39, 0.29) is 0 Å². The lowest BCUT2D eigenvalue weighted by molar-refractivity contribution is 0.0880. The summed E-state index contributed by atoms with van der Waals surface area (Å²) in [7, 11) is 0. The summed E-state index contributed by atoms with van der Waals surface area (Å²) in [5.74, 6) is 1.07. The Morgan fingerprint density at radius 1 is 1.00 bits per heavy atom. The van der Waals surface area contributed by atoms with E-state index in [0.717, 1.165) is 18.0 Å². The number of nitrogens with one attached hydrogen (secondary N) is 1. The van der Waals surface area contributed by atoms with Crippen LogP contribution in [0.15, 0.2) is 0 Å². The van der Waals surface area contributed by atoms with Crippen molar-refractivity contribution in [2.75, 3.05) is 19.6 Å². The zero-order valence-electron chi connectivity index (χ0n) is 9.04. The summed E-state index contributed by atoms with van der Waals surface area (Å²) < 4.78 is 0. The van der Waals surface area contributed by atoms with Gasteiger partial charge in [0.25, 0.3) is 0 Å². The lowest BCUT2D eigenvalue weighted by Gasteiger charge is -2.40. The number of hydrogen-bond acceptors (Lipinski definition) is 2. The van der Waals surface area contributed by atoms with E-state index in [9.17, 15) is 0 Å². The monoisotopic (exact) mass is 194 g/mol. The highest BCUT2D eigenvalue weighted by molar-refractivity contribution is 4.91. The van der Waals surface area contributed by atoms with E-state index in [1.54, 1.807) is 0 Å². The molecule has 0 amide bonds. The van der Waals surface area contributed by atoms with Gasteiger partial charge in [-0.2, -0.15) is 0 Å². The van der Waals surface area contributed by atoms with Crippen LogP contribution in [0.1, 0.15) is 38.5 Å². The van der Waals surface area contributed by atoms with Crippen molar-refractivity contribution in [1.82, 2.24) is 10.2 Å². The molecule has 2 aliphatic heterocycles. The van der Waals surface area contributed by atoms with Gasteiger partial charge in [-0.15, -0.1) is 0 Å².